The summed E-state index contributed by atoms with van der Waals surface area (Å²) in [6.45, 7) is 0. The lowest BCUT2D eigenvalue weighted by Crippen LogP contribution is -2.10. The van der Waals surface area contributed by atoms with Crippen LogP contribution in [0.4, 0.5) is 8.78 Å². The Morgan fingerprint density at radius 2 is 1.88 bits per heavy atom. The fourth-order valence-electron chi connectivity index (χ4n) is 0.930. The molecule has 0 spiro atoms. The van der Waals surface area contributed by atoms with Gasteiger partial charge in [-0.05, 0) is 18.2 Å². The number of rotatable bonds is 3. The molecule has 3 nitrogen and oxygen atoms in total. The van der Waals surface area contributed by atoms with Crippen LogP contribution in [0.2, 0.25) is 10.3 Å². The third-order valence-electron chi connectivity index (χ3n) is 1.58. The predicted octanol–water partition coefficient (Wildman–Crippen LogP) is 3.12. The van der Waals surface area contributed by atoms with Gasteiger partial charge in [-0.2, -0.15) is 8.78 Å². The largest absolute Gasteiger partial charge is 0.478 e. The van der Waals surface area contributed by atoms with E-state index in [0.29, 0.717) is 6.08 Å². The molecule has 1 aromatic heterocycles. The van der Waals surface area contributed by atoms with Gasteiger partial charge >= 0.3 is 5.97 Å². The van der Waals surface area contributed by atoms with Crippen molar-refractivity contribution in [3.8, 4) is 0 Å². The third-order valence-corrected chi connectivity index (χ3v) is 1.97. The Bertz CT molecular complexity index is 429. The molecule has 0 atom stereocenters. The Labute approximate surface area is 99.3 Å². The average Bonchev–Trinajstić information content (AvgIpc) is 2.13. The molecule has 0 unspecified atom stereocenters. The van der Waals surface area contributed by atoms with Gasteiger partial charge in [0.1, 0.15) is 10.3 Å². The van der Waals surface area contributed by atoms with Crippen molar-refractivity contribution in [2.45, 2.75) is 5.92 Å². The quantitative estimate of drug-likeness (QED) is 0.676. The van der Waals surface area contributed by atoms with Crippen LogP contribution in [0.1, 0.15) is 5.56 Å². The second kappa shape index (κ2) is 4.76. The molecule has 1 rings (SSSR count). The van der Waals surface area contributed by atoms with Crippen molar-refractivity contribution in [3.05, 3.63) is 40.2 Å². The van der Waals surface area contributed by atoms with Crippen LogP contribution in [-0.4, -0.2) is 16.1 Å². The summed E-state index contributed by atoms with van der Waals surface area (Å²) in [5, 5.41) is 7.87. The number of hydrogen-bond acceptors (Lipinski definition) is 2. The molecule has 1 N–H and O–H groups in total. The van der Waals surface area contributed by atoms with Crippen molar-refractivity contribution >= 4 is 29.2 Å². The first-order valence-electron chi connectivity index (χ1n) is 3.95. The number of halogens is 4. The van der Waals surface area contributed by atoms with Gasteiger partial charge in [0.05, 0.1) is 0 Å². The van der Waals surface area contributed by atoms with E-state index in [-0.39, 0.29) is 16.4 Å². The fraction of sp³-hybridized carbons (Fsp3) is 0.111. The summed E-state index contributed by atoms with van der Waals surface area (Å²) >= 11 is 10.9. The second-order valence-electron chi connectivity index (χ2n) is 2.80. The van der Waals surface area contributed by atoms with Crippen molar-refractivity contribution in [1.82, 2.24) is 4.98 Å². The van der Waals surface area contributed by atoms with Gasteiger partial charge in [-0.15, -0.1) is 0 Å². The lowest BCUT2D eigenvalue weighted by atomic mass is 10.1. The van der Waals surface area contributed by atoms with E-state index in [4.69, 9.17) is 28.3 Å². The number of alkyl halides is 2. The first-order chi connectivity index (χ1) is 7.31. The van der Waals surface area contributed by atoms with Gasteiger partial charge in [0, 0.05) is 11.6 Å². The number of carbonyl (C=O) groups is 1. The predicted molar refractivity (Wildman–Crippen MR) is 54.9 cm³/mol. The summed E-state index contributed by atoms with van der Waals surface area (Å²) in [6, 6.07) is 1.83. The summed E-state index contributed by atoms with van der Waals surface area (Å²) in [4.78, 5) is 13.6. The van der Waals surface area contributed by atoms with Gasteiger partial charge in [0.25, 0.3) is 5.92 Å². The molecule has 0 aromatic carbocycles. The van der Waals surface area contributed by atoms with Gasteiger partial charge in [0.15, 0.2) is 0 Å². The monoisotopic (exact) mass is 267 g/mol. The average molecular weight is 268 g/mol. The van der Waals surface area contributed by atoms with E-state index in [1.807, 2.05) is 0 Å². The third kappa shape index (κ3) is 3.43. The van der Waals surface area contributed by atoms with Crippen molar-refractivity contribution in [3.63, 3.8) is 0 Å². The van der Waals surface area contributed by atoms with E-state index in [2.05, 4.69) is 4.98 Å². The Kier molecular flexibility index (Phi) is 3.83. The van der Waals surface area contributed by atoms with Crippen LogP contribution in [-0.2, 0) is 10.7 Å². The molecule has 0 aliphatic rings. The molecule has 7 heteroatoms. The van der Waals surface area contributed by atoms with Crippen LogP contribution < -0.4 is 0 Å². The lowest BCUT2D eigenvalue weighted by molar-refractivity contribution is -0.131. The molecular formula is C9H5Cl2F2NO2. The van der Waals surface area contributed by atoms with Crippen LogP contribution in [0.15, 0.2) is 24.3 Å². The first-order valence-corrected chi connectivity index (χ1v) is 4.70. The van der Waals surface area contributed by atoms with E-state index < -0.39 is 17.5 Å². The van der Waals surface area contributed by atoms with E-state index >= 15 is 0 Å². The molecule has 0 aliphatic heterocycles. The summed E-state index contributed by atoms with van der Waals surface area (Å²) in [5.41, 5.74) is -0.519. The van der Waals surface area contributed by atoms with Crippen LogP contribution in [0.25, 0.3) is 0 Å². The number of aromatic nitrogens is 1. The molecule has 0 amide bonds. The van der Waals surface area contributed by atoms with Crippen LogP contribution in [0, 0.1) is 0 Å². The van der Waals surface area contributed by atoms with Crippen molar-refractivity contribution < 1.29 is 18.7 Å². The Morgan fingerprint density at radius 1 is 1.38 bits per heavy atom. The zero-order valence-corrected chi connectivity index (χ0v) is 9.14. The van der Waals surface area contributed by atoms with Crippen LogP contribution in [0.5, 0.6) is 0 Å². The molecule has 0 fully saturated rings. The lowest BCUT2D eigenvalue weighted by Gasteiger charge is -2.12. The van der Waals surface area contributed by atoms with E-state index in [9.17, 15) is 13.6 Å². The zero-order chi connectivity index (χ0) is 12.3. The van der Waals surface area contributed by atoms with Gasteiger partial charge in [-0.25, -0.2) is 9.78 Å². The molecule has 0 saturated heterocycles. The highest BCUT2D eigenvalue weighted by atomic mass is 35.5. The normalized spacial score (nSPS) is 12.0. The molecular weight excluding hydrogens is 263 g/mol. The van der Waals surface area contributed by atoms with Gasteiger partial charge < -0.3 is 5.11 Å². The van der Waals surface area contributed by atoms with Gasteiger partial charge in [-0.3, -0.25) is 0 Å². The maximum atomic E-state index is 13.4. The van der Waals surface area contributed by atoms with E-state index in [0.717, 1.165) is 12.1 Å². The zero-order valence-electron chi connectivity index (χ0n) is 7.62. The summed E-state index contributed by atoms with van der Waals surface area (Å²) < 4.78 is 26.8. The second-order valence-corrected chi connectivity index (χ2v) is 3.57. The summed E-state index contributed by atoms with van der Waals surface area (Å²) in [7, 11) is 0. The summed E-state index contributed by atoms with van der Waals surface area (Å²) in [6.07, 6.45) is 0.597. The highest BCUT2D eigenvalue weighted by molar-refractivity contribution is 6.32. The number of allylic oxidation sites excluding steroid dienone is 1. The number of aliphatic carboxylic acids is 1. The fourth-order valence-corrected chi connectivity index (χ4v) is 1.39. The number of hydrogen-bond donors (Lipinski definition) is 1. The smallest absolute Gasteiger partial charge is 0.328 e. The molecule has 0 aliphatic carbocycles. The van der Waals surface area contributed by atoms with Crippen molar-refractivity contribution in [1.29, 1.82) is 0 Å². The Balaban J connectivity index is 3.10. The molecule has 16 heavy (non-hydrogen) atoms. The SMILES string of the molecule is O=C(O)/C=C/C(F)(F)c1cc(Cl)nc(Cl)c1. The number of nitrogens with zero attached hydrogens (tertiary/aromatic N) is 1. The number of carboxylic acid groups (broad SMARTS) is 1. The first kappa shape index (κ1) is 12.9. The molecule has 1 aromatic rings. The summed E-state index contributed by atoms with van der Waals surface area (Å²) in [5.74, 6) is -4.93. The molecule has 86 valence electrons. The minimum atomic E-state index is -3.46. The van der Waals surface area contributed by atoms with Crippen molar-refractivity contribution in [2.24, 2.45) is 0 Å². The molecule has 0 bridgehead atoms. The van der Waals surface area contributed by atoms with E-state index in [1.54, 1.807) is 0 Å². The maximum absolute atomic E-state index is 13.4. The minimum absolute atomic E-state index is 0.189. The maximum Gasteiger partial charge on any atom is 0.328 e. The van der Waals surface area contributed by atoms with Gasteiger partial charge in [-0.1, -0.05) is 23.2 Å². The topological polar surface area (TPSA) is 50.2 Å². The molecule has 0 radical (unpaired) electrons. The van der Waals surface area contributed by atoms with Crippen LogP contribution >= 0.6 is 23.2 Å². The highest BCUT2D eigenvalue weighted by Crippen LogP contribution is 2.32. The Morgan fingerprint density at radius 3 is 2.31 bits per heavy atom. The number of pyridine rings is 1. The van der Waals surface area contributed by atoms with Crippen molar-refractivity contribution in [2.75, 3.05) is 0 Å². The van der Waals surface area contributed by atoms with Gasteiger partial charge in [0.2, 0.25) is 0 Å². The highest BCUT2D eigenvalue weighted by Gasteiger charge is 2.29. The standard InChI is InChI=1S/C9H5Cl2F2NO2/c10-6-3-5(4-7(11)14-6)9(12,13)2-1-8(15)16/h1-4H,(H,15,16)/b2-1+. The molecule has 0 saturated carbocycles. The van der Waals surface area contributed by atoms with Crippen LogP contribution in [0.3, 0.4) is 0 Å². The molecule has 1 heterocycles. The number of carboxylic acids is 1. The van der Waals surface area contributed by atoms with E-state index in [1.165, 1.54) is 0 Å². The Hall–Kier alpha value is -1.20. The minimum Gasteiger partial charge on any atom is -0.478 e.